The molecular weight excluding hydrogens is 777 g/mol. The fourth-order valence-corrected chi connectivity index (χ4v) is 9.31. The molecule has 0 bridgehead atoms. The van der Waals surface area contributed by atoms with E-state index in [-0.39, 0.29) is 48.6 Å². The molecule has 0 spiro atoms. The minimum absolute atomic E-state index is 0.0674. The largest absolute Gasteiger partial charge is 0.490 e. The van der Waals surface area contributed by atoms with Gasteiger partial charge in [0, 0.05) is 81.4 Å². The van der Waals surface area contributed by atoms with Crippen LogP contribution in [0.3, 0.4) is 0 Å². The minimum atomic E-state index is -1.06. The Morgan fingerprint density at radius 2 is 1.87 bits per heavy atom. The molecule has 2 saturated heterocycles. The molecule has 0 unspecified atom stereocenters. The highest BCUT2D eigenvalue weighted by Gasteiger charge is 2.40. The summed E-state index contributed by atoms with van der Waals surface area (Å²) in [6.07, 6.45) is 7.96. The van der Waals surface area contributed by atoms with Crippen molar-refractivity contribution in [2.45, 2.75) is 95.1 Å². The van der Waals surface area contributed by atoms with E-state index in [1.807, 2.05) is 24.4 Å². The number of imide groups is 1. The molecule has 4 fully saturated rings. The fourth-order valence-electron chi connectivity index (χ4n) is 9.31. The number of likely N-dealkylation sites (tertiary alicyclic amines) is 1. The molecule has 60 heavy (non-hydrogen) atoms. The Morgan fingerprint density at radius 1 is 1.08 bits per heavy atom. The maximum absolute atomic E-state index is 15.8. The number of amides is 4. The standard InChI is InChI=1S/C43H49F2N9O6/c1-23(2)60-37-18-38-46-33(21-52(38)20-29(37)41(57)47-32-5-4-12-53(42(32)58)35-17-31(35)45)25-8-6-24(7-9-25)19-51-13-10-26(36(55)22-51)27-16-34-28(15-30(27)44)40(49-50(34)3)54-14-11-39(56)48-43(54)59/h4-5,12,15-16,18,20-21,23-26,31,35-36,55H,6-11,13-14,17,19,22H2,1-3H3,(H,47,57)(H,48,56,59)/t24-,25-,26-,31-,35+,36-/m1/s1. The fraction of sp³-hybridized carbons (Fsp3) is 0.488. The Balaban J connectivity index is 0.829. The van der Waals surface area contributed by atoms with E-state index in [0.717, 1.165) is 44.5 Å². The summed E-state index contributed by atoms with van der Waals surface area (Å²) in [5.74, 6) is -0.421. The van der Waals surface area contributed by atoms with Gasteiger partial charge in [-0.05, 0) is 88.2 Å². The monoisotopic (exact) mass is 825 g/mol. The van der Waals surface area contributed by atoms with Crippen LogP contribution in [0.4, 0.5) is 25.1 Å². The van der Waals surface area contributed by atoms with E-state index in [4.69, 9.17) is 9.72 Å². The maximum Gasteiger partial charge on any atom is 0.329 e. The molecule has 4 aromatic heterocycles. The van der Waals surface area contributed by atoms with Gasteiger partial charge in [0.25, 0.3) is 11.5 Å². The van der Waals surface area contributed by atoms with Gasteiger partial charge in [-0.15, -0.1) is 0 Å². The van der Waals surface area contributed by atoms with Crippen LogP contribution >= 0.6 is 0 Å². The summed E-state index contributed by atoms with van der Waals surface area (Å²) in [5, 5.41) is 21.3. The van der Waals surface area contributed by atoms with Crippen LogP contribution in [0, 0.1) is 11.7 Å². The number of pyridine rings is 2. The van der Waals surface area contributed by atoms with Gasteiger partial charge in [0.1, 0.15) is 29.1 Å². The lowest BCUT2D eigenvalue weighted by Gasteiger charge is -2.39. The van der Waals surface area contributed by atoms with Gasteiger partial charge in [0.15, 0.2) is 5.82 Å². The van der Waals surface area contributed by atoms with Crippen molar-refractivity contribution in [2.24, 2.45) is 13.0 Å². The van der Waals surface area contributed by atoms with Crippen molar-refractivity contribution in [1.29, 1.82) is 0 Å². The smallest absolute Gasteiger partial charge is 0.329 e. The number of rotatable bonds is 10. The number of benzene rings is 1. The summed E-state index contributed by atoms with van der Waals surface area (Å²) < 4.78 is 40.3. The number of piperidine rings is 1. The molecule has 2 saturated carbocycles. The quantitative estimate of drug-likeness (QED) is 0.167. The molecule has 6 heterocycles. The van der Waals surface area contributed by atoms with E-state index in [2.05, 4.69) is 20.6 Å². The van der Waals surface area contributed by atoms with Crippen LogP contribution in [0.15, 0.2) is 53.7 Å². The molecule has 5 aromatic rings. The lowest BCUT2D eigenvalue weighted by atomic mass is 9.80. The normalized spacial score (nSPS) is 24.9. The molecule has 0 radical (unpaired) electrons. The van der Waals surface area contributed by atoms with Crippen LogP contribution < -0.4 is 25.8 Å². The lowest BCUT2D eigenvalue weighted by Crippen LogP contribution is -2.49. The number of β-amino-alcohol motifs (C(OH)–C–C–N with tert-alkyl or cyclic N) is 1. The van der Waals surface area contributed by atoms with Crippen molar-refractivity contribution >= 4 is 45.9 Å². The van der Waals surface area contributed by atoms with Gasteiger partial charge in [-0.2, -0.15) is 5.10 Å². The van der Waals surface area contributed by atoms with Crippen LogP contribution in [0.25, 0.3) is 16.6 Å². The molecule has 1 aromatic carbocycles. The molecule has 2 aliphatic heterocycles. The van der Waals surface area contributed by atoms with Crippen molar-refractivity contribution < 1.29 is 33.0 Å². The van der Waals surface area contributed by atoms with Crippen molar-refractivity contribution in [2.75, 3.05) is 36.4 Å². The summed E-state index contributed by atoms with van der Waals surface area (Å²) in [6.45, 7) is 5.89. The zero-order valence-corrected chi connectivity index (χ0v) is 33.8. The number of hydrogen-bond donors (Lipinski definition) is 3. The predicted octanol–water partition coefficient (Wildman–Crippen LogP) is 5.41. The molecule has 9 rings (SSSR count). The number of urea groups is 1. The number of carbonyl (C=O) groups is 3. The molecule has 2 aliphatic carbocycles. The van der Waals surface area contributed by atoms with Crippen LogP contribution in [0.5, 0.6) is 5.75 Å². The minimum Gasteiger partial charge on any atom is -0.490 e. The summed E-state index contributed by atoms with van der Waals surface area (Å²) in [7, 11) is 1.73. The molecule has 3 N–H and O–H groups in total. The number of nitrogens with one attached hydrogen (secondary N) is 2. The molecule has 316 valence electrons. The number of imidazole rings is 1. The van der Waals surface area contributed by atoms with E-state index < -0.39 is 47.6 Å². The van der Waals surface area contributed by atoms with Gasteiger partial charge < -0.3 is 29.0 Å². The third kappa shape index (κ3) is 7.64. The second-order valence-corrected chi connectivity index (χ2v) is 17.1. The molecule has 17 heteroatoms. The average Bonchev–Trinajstić information content (AvgIpc) is 3.64. The summed E-state index contributed by atoms with van der Waals surface area (Å²) in [4.78, 5) is 59.4. The Labute approximate surface area is 344 Å². The SMILES string of the molecule is CC(C)Oc1cc2nc([C@H]3CC[C@H](CN4CC[C@H](c5cc6c(cc5F)c(N5CCC(=O)NC5=O)nn6C)[C@H](O)C4)CC3)cn2cc1C(=O)Nc1cccn([C@H]2C[C@H]2F)c1=O. The highest BCUT2D eigenvalue weighted by molar-refractivity contribution is 6.09. The third-order valence-corrected chi connectivity index (χ3v) is 12.5. The third-order valence-electron chi connectivity index (χ3n) is 12.5. The van der Waals surface area contributed by atoms with Gasteiger partial charge in [-0.3, -0.25) is 29.3 Å². The van der Waals surface area contributed by atoms with Gasteiger partial charge in [0.2, 0.25) is 5.91 Å². The molecule has 15 nitrogen and oxygen atoms in total. The number of aliphatic hydroxyl groups is 1. The number of aliphatic hydroxyl groups excluding tert-OH is 1. The van der Waals surface area contributed by atoms with Gasteiger partial charge >= 0.3 is 6.03 Å². The number of carbonyl (C=O) groups excluding carboxylic acids is 3. The first-order valence-corrected chi connectivity index (χ1v) is 20.8. The second-order valence-electron chi connectivity index (χ2n) is 17.1. The van der Waals surface area contributed by atoms with Gasteiger partial charge in [-0.25, -0.2) is 18.6 Å². The van der Waals surface area contributed by atoms with Gasteiger partial charge in [-0.1, -0.05) is 0 Å². The number of halogens is 2. The first-order chi connectivity index (χ1) is 28.8. The van der Waals surface area contributed by atoms with Crippen LogP contribution in [-0.4, -0.2) is 96.1 Å². The number of anilines is 2. The molecular formula is C43H49F2N9O6. The van der Waals surface area contributed by atoms with E-state index >= 15 is 4.39 Å². The van der Waals surface area contributed by atoms with Crippen LogP contribution in [0.1, 0.15) is 98.3 Å². The number of hydrogen-bond acceptors (Lipinski definition) is 9. The number of aromatic nitrogens is 5. The number of nitrogens with zero attached hydrogens (tertiary/aromatic N) is 7. The molecule has 4 amide bonds. The van der Waals surface area contributed by atoms with E-state index in [1.54, 1.807) is 36.1 Å². The van der Waals surface area contributed by atoms with E-state index in [1.165, 1.54) is 27.8 Å². The van der Waals surface area contributed by atoms with Crippen LogP contribution in [-0.2, 0) is 11.8 Å². The van der Waals surface area contributed by atoms with Crippen molar-refractivity contribution in [1.82, 2.24) is 33.9 Å². The number of ether oxygens (including phenoxy) is 1. The number of fused-ring (bicyclic) bond motifs is 2. The first-order valence-electron chi connectivity index (χ1n) is 20.8. The van der Waals surface area contributed by atoms with E-state index in [0.29, 0.717) is 52.6 Å². The summed E-state index contributed by atoms with van der Waals surface area (Å²) in [5.41, 5.74) is 2.51. The van der Waals surface area contributed by atoms with Crippen molar-refractivity contribution in [3.63, 3.8) is 0 Å². The highest BCUT2D eigenvalue weighted by atomic mass is 19.1. The molecule has 4 aliphatic rings. The first kappa shape index (κ1) is 39.8. The highest BCUT2D eigenvalue weighted by Crippen LogP contribution is 2.40. The maximum atomic E-state index is 15.8. The predicted molar refractivity (Wildman–Crippen MR) is 219 cm³/mol. The molecule has 4 atom stereocenters. The lowest BCUT2D eigenvalue weighted by molar-refractivity contribution is -0.120. The van der Waals surface area contributed by atoms with E-state index in [9.17, 15) is 28.7 Å². The summed E-state index contributed by atoms with van der Waals surface area (Å²) in [6, 6.07) is 6.90. The Kier molecular flexibility index (Phi) is 10.4. The summed E-state index contributed by atoms with van der Waals surface area (Å²) >= 11 is 0. The zero-order valence-electron chi connectivity index (χ0n) is 33.8. The average molecular weight is 826 g/mol. The van der Waals surface area contributed by atoms with Gasteiger partial charge in [0.05, 0.1) is 35.0 Å². The Bertz CT molecular complexity index is 2560. The van der Waals surface area contributed by atoms with Crippen molar-refractivity contribution in [3.8, 4) is 5.75 Å². The topological polar surface area (TPSA) is 168 Å². The zero-order chi connectivity index (χ0) is 42.0. The Morgan fingerprint density at radius 3 is 2.58 bits per heavy atom. The number of aryl methyl sites for hydroxylation is 1. The second kappa shape index (κ2) is 15.7. The van der Waals surface area contributed by atoms with Crippen molar-refractivity contribution in [3.05, 3.63) is 81.9 Å². The Hall–Kier alpha value is -5.68. The number of alkyl halides is 1. The van der Waals surface area contributed by atoms with Crippen LogP contribution in [0.2, 0.25) is 0 Å².